The molecule has 0 spiro atoms. The van der Waals surface area contributed by atoms with E-state index in [1.165, 1.54) is 24.3 Å². The van der Waals surface area contributed by atoms with Crippen LogP contribution in [-0.2, 0) is 36.8 Å². The average molecular weight is 587 g/mol. The summed E-state index contributed by atoms with van der Waals surface area (Å²) in [6.07, 6.45) is 6.16. The zero-order valence-electron chi connectivity index (χ0n) is 22.4. The quantitative estimate of drug-likeness (QED) is 0.104. The number of carboxylic acid groups (broad SMARTS) is 1. The van der Waals surface area contributed by atoms with Crippen molar-refractivity contribution < 1.29 is 29.1 Å². The largest absolute Gasteiger partial charge is 0.480 e. The van der Waals surface area contributed by atoms with Crippen molar-refractivity contribution in [2.24, 2.45) is 11.5 Å². The Kier molecular flexibility index (Phi) is 11.3. The molecule has 0 saturated heterocycles. The standard InChI is InChI=1S/C26H34N8O6S/c1-41-7-6-19(26(39)40)32-24(37)20(8-14-11-30-18-5-3-2-4-16(14)18)34-25(38)21(9-15-12-29-13-31-15)33-23(36)17(27)10-22(28)35/h2-5,11-13,17,19-21,30H,6-10,27H2,1H3,(H2,28,35)(H,29,31)(H,32,37)(H,33,36)(H,34,38)(H,39,40). The molecule has 10 N–H and O–H groups in total. The molecule has 2 aromatic heterocycles. The Bertz CT molecular complexity index is 1360. The van der Waals surface area contributed by atoms with E-state index in [0.29, 0.717) is 11.4 Å². The van der Waals surface area contributed by atoms with Crippen LogP contribution in [0.2, 0.25) is 0 Å². The number of aromatic nitrogens is 3. The molecule has 2 heterocycles. The maximum atomic E-state index is 13.5. The summed E-state index contributed by atoms with van der Waals surface area (Å²) in [4.78, 5) is 72.6. The van der Waals surface area contributed by atoms with Crippen LogP contribution in [0.15, 0.2) is 43.0 Å². The van der Waals surface area contributed by atoms with Crippen molar-refractivity contribution in [3.63, 3.8) is 0 Å². The fourth-order valence-electron chi connectivity index (χ4n) is 4.18. The van der Waals surface area contributed by atoms with Crippen LogP contribution >= 0.6 is 11.8 Å². The van der Waals surface area contributed by atoms with Gasteiger partial charge in [0.1, 0.15) is 18.1 Å². The van der Waals surface area contributed by atoms with Gasteiger partial charge in [0.25, 0.3) is 0 Å². The van der Waals surface area contributed by atoms with Crippen LogP contribution in [0, 0.1) is 0 Å². The van der Waals surface area contributed by atoms with Gasteiger partial charge < -0.3 is 42.5 Å². The van der Waals surface area contributed by atoms with Crippen molar-refractivity contribution in [1.82, 2.24) is 30.9 Å². The zero-order valence-corrected chi connectivity index (χ0v) is 23.2. The van der Waals surface area contributed by atoms with Gasteiger partial charge in [0.05, 0.1) is 18.8 Å². The molecule has 1 aromatic carbocycles. The molecule has 14 nitrogen and oxygen atoms in total. The zero-order chi connectivity index (χ0) is 29.9. The van der Waals surface area contributed by atoms with Crippen LogP contribution in [0.1, 0.15) is 24.1 Å². The van der Waals surface area contributed by atoms with Gasteiger partial charge in [0, 0.05) is 41.8 Å². The lowest BCUT2D eigenvalue weighted by molar-refractivity contribution is -0.142. The lowest BCUT2D eigenvalue weighted by Crippen LogP contribution is -2.58. The van der Waals surface area contributed by atoms with Crippen LogP contribution in [0.3, 0.4) is 0 Å². The number of rotatable bonds is 16. The Morgan fingerprint density at radius 1 is 0.976 bits per heavy atom. The molecule has 0 saturated carbocycles. The first kappa shape index (κ1) is 31.2. The smallest absolute Gasteiger partial charge is 0.326 e. The average Bonchev–Trinajstić information content (AvgIpc) is 3.59. The normalized spacial score (nSPS) is 14.0. The Morgan fingerprint density at radius 2 is 1.63 bits per heavy atom. The van der Waals surface area contributed by atoms with Gasteiger partial charge in [-0.3, -0.25) is 19.2 Å². The Balaban J connectivity index is 1.87. The topological polar surface area (TPSA) is 238 Å². The van der Waals surface area contributed by atoms with Gasteiger partial charge in [0.15, 0.2) is 0 Å². The second kappa shape index (κ2) is 14.9. The van der Waals surface area contributed by atoms with Crippen molar-refractivity contribution in [3.05, 3.63) is 54.2 Å². The molecule has 220 valence electrons. The third-order valence-corrected chi connectivity index (χ3v) is 6.97. The van der Waals surface area contributed by atoms with Gasteiger partial charge in [-0.1, -0.05) is 18.2 Å². The maximum Gasteiger partial charge on any atom is 0.326 e. The van der Waals surface area contributed by atoms with Gasteiger partial charge in [-0.2, -0.15) is 11.8 Å². The Morgan fingerprint density at radius 3 is 2.27 bits per heavy atom. The number of amides is 4. The van der Waals surface area contributed by atoms with Gasteiger partial charge in [-0.25, -0.2) is 9.78 Å². The van der Waals surface area contributed by atoms with E-state index in [2.05, 4.69) is 30.9 Å². The number of hydrogen-bond acceptors (Lipinski definition) is 8. The number of nitrogens with zero attached hydrogens (tertiary/aromatic N) is 1. The lowest BCUT2D eigenvalue weighted by Gasteiger charge is -2.25. The summed E-state index contributed by atoms with van der Waals surface area (Å²) in [5, 5.41) is 18.2. The minimum absolute atomic E-state index is 0.0301. The van der Waals surface area contributed by atoms with Crippen LogP contribution in [0.5, 0.6) is 0 Å². The van der Waals surface area contributed by atoms with Crippen molar-refractivity contribution >= 4 is 52.3 Å². The SMILES string of the molecule is CSCCC(NC(=O)C(Cc1c[nH]c2ccccc12)NC(=O)C(Cc1cnc[nH]1)NC(=O)C(N)CC(N)=O)C(=O)O. The fraction of sp³-hybridized carbons (Fsp3) is 0.385. The number of carboxylic acids is 1. The predicted molar refractivity (Wildman–Crippen MR) is 153 cm³/mol. The highest BCUT2D eigenvalue weighted by atomic mass is 32.2. The van der Waals surface area contributed by atoms with Crippen molar-refractivity contribution in [1.29, 1.82) is 0 Å². The highest BCUT2D eigenvalue weighted by Crippen LogP contribution is 2.19. The first-order valence-corrected chi connectivity index (χ1v) is 14.2. The van der Waals surface area contributed by atoms with Crippen LogP contribution in [-0.4, -0.2) is 85.8 Å². The fourth-order valence-corrected chi connectivity index (χ4v) is 4.65. The number of primary amides is 1. The number of thioether (sulfide) groups is 1. The number of carbonyl (C=O) groups is 5. The molecule has 3 aromatic rings. The number of imidazole rings is 1. The molecule has 0 fully saturated rings. The summed E-state index contributed by atoms with van der Waals surface area (Å²) >= 11 is 1.44. The third kappa shape index (κ3) is 9.08. The van der Waals surface area contributed by atoms with E-state index in [1.54, 1.807) is 6.20 Å². The maximum absolute atomic E-state index is 13.5. The summed E-state index contributed by atoms with van der Waals surface area (Å²) in [5.41, 5.74) is 13.0. The first-order valence-electron chi connectivity index (χ1n) is 12.8. The molecule has 0 aliphatic carbocycles. The number of nitrogens with two attached hydrogens (primary N) is 2. The summed E-state index contributed by atoms with van der Waals surface area (Å²) in [6, 6.07) is 2.54. The van der Waals surface area contributed by atoms with Gasteiger partial charge >= 0.3 is 5.97 Å². The second-order valence-electron chi connectivity index (χ2n) is 9.42. The predicted octanol–water partition coefficient (Wildman–Crippen LogP) is -0.829. The van der Waals surface area contributed by atoms with E-state index in [9.17, 15) is 29.1 Å². The number of para-hydroxylation sites is 1. The molecule has 0 aliphatic heterocycles. The summed E-state index contributed by atoms with van der Waals surface area (Å²) < 4.78 is 0. The summed E-state index contributed by atoms with van der Waals surface area (Å²) in [5.74, 6) is -3.70. The second-order valence-corrected chi connectivity index (χ2v) is 10.4. The molecule has 41 heavy (non-hydrogen) atoms. The third-order valence-electron chi connectivity index (χ3n) is 6.33. The van der Waals surface area contributed by atoms with Crippen LogP contribution in [0.25, 0.3) is 10.9 Å². The molecule has 0 aliphatic rings. The van der Waals surface area contributed by atoms with Crippen molar-refractivity contribution in [3.8, 4) is 0 Å². The van der Waals surface area contributed by atoms with E-state index in [4.69, 9.17) is 11.5 Å². The molecular formula is C26H34N8O6S. The monoisotopic (exact) mass is 586 g/mol. The number of fused-ring (bicyclic) bond motifs is 1. The van der Waals surface area contributed by atoms with E-state index in [-0.39, 0.29) is 19.3 Å². The van der Waals surface area contributed by atoms with E-state index in [1.807, 2.05) is 30.5 Å². The number of H-pyrrole nitrogens is 2. The van der Waals surface area contributed by atoms with Gasteiger partial charge in [0.2, 0.25) is 23.6 Å². The summed E-state index contributed by atoms with van der Waals surface area (Å²) in [6.45, 7) is 0. The van der Waals surface area contributed by atoms with E-state index >= 15 is 0 Å². The highest BCUT2D eigenvalue weighted by Gasteiger charge is 2.31. The number of benzene rings is 1. The van der Waals surface area contributed by atoms with Gasteiger partial charge in [-0.15, -0.1) is 0 Å². The molecule has 3 rings (SSSR count). The van der Waals surface area contributed by atoms with Crippen LogP contribution in [0.4, 0.5) is 0 Å². The minimum Gasteiger partial charge on any atom is -0.480 e. The number of hydrogen-bond donors (Lipinski definition) is 8. The molecule has 0 radical (unpaired) electrons. The number of aromatic amines is 2. The Hall–Kier alpha value is -4.37. The van der Waals surface area contributed by atoms with E-state index < -0.39 is 60.2 Å². The number of carbonyl (C=O) groups excluding carboxylic acids is 4. The molecule has 0 bridgehead atoms. The summed E-state index contributed by atoms with van der Waals surface area (Å²) in [7, 11) is 0. The van der Waals surface area contributed by atoms with E-state index in [0.717, 1.165) is 16.5 Å². The molecule has 4 unspecified atom stereocenters. The molecule has 4 amide bonds. The first-order chi connectivity index (χ1) is 19.6. The lowest BCUT2D eigenvalue weighted by atomic mass is 10.0. The Labute approximate surface area is 239 Å². The molecule has 4 atom stereocenters. The number of nitrogens with one attached hydrogen (secondary N) is 5. The number of aliphatic carboxylic acids is 1. The minimum atomic E-state index is -1.29. The molecule has 15 heteroatoms. The van der Waals surface area contributed by atoms with Gasteiger partial charge in [-0.05, 0) is 30.1 Å². The van der Waals surface area contributed by atoms with Crippen molar-refractivity contribution in [2.75, 3.05) is 12.0 Å². The highest BCUT2D eigenvalue weighted by molar-refractivity contribution is 7.98. The molecular weight excluding hydrogens is 552 g/mol. The van der Waals surface area contributed by atoms with Crippen LogP contribution < -0.4 is 27.4 Å². The van der Waals surface area contributed by atoms with Crippen molar-refractivity contribution in [2.45, 2.75) is 49.9 Å².